The van der Waals surface area contributed by atoms with Crippen LogP contribution in [0, 0.1) is 17.8 Å². The Morgan fingerprint density at radius 1 is 1.05 bits per heavy atom. The molecule has 0 aromatic heterocycles. The van der Waals surface area contributed by atoms with Crippen LogP contribution in [0.2, 0.25) is 0 Å². The maximum absolute atomic E-state index is 12.3. The van der Waals surface area contributed by atoms with Gasteiger partial charge >= 0.3 is 0 Å². The number of amides is 2. The maximum atomic E-state index is 12.3. The SMILES string of the molecule is NC1C2CCCC1CC(C(=O)NCC(=O)N1CCCC1)C2. The summed E-state index contributed by atoms with van der Waals surface area (Å²) < 4.78 is 0. The van der Waals surface area contributed by atoms with Crippen LogP contribution in [0.4, 0.5) is 0 Å². The number of rotatable bonds is 3. The molecule has 0 aromatic rings. The third kappa shape index (κ3) is 3.23. The number of hydrogen-bond acceptors (Lipinski definition) is 3. The number of nitrogens with two attached hydrogens (primary N) is 1. The smallest absolute Gasteiger partial charge is 0.241 e. The highest BCUT2D eigenvalue weighted by Gasteiger charge is 2.40. The first-order chi connectivity index (χ1) is 10.1. The van der Waals surface area contributed by atoms with Crippen molar-refractivity contribution >= 4 is 11.8 Å². The van der Waals surface area contributed by atoms with Gasteiger partial charge in [0.25, 0.3) is 0 Å². The standard InChI is InChI=1S/C16H27N3O2/c17-15-11-4-3-5-12(15)9-13(8-11)16(21)18-10-14(20)19-6-1-2-7-19/h11-13,15H,1-10,17H2,(H,18,21). The largest absolute Gasteiger partial charge is 0.347 e. The molecule has 3 fully saturated rings. The van der Waals surface area contributed by atoms with Crippen LogP contribution in [0.5, 0.6) is 0 Å². The van der Waals surface area contributed by atoms with E-state index in [4.69, 9.17) is 5.73 Å². The molecule has 21 heavy (non-hydrogen) atoms. The molecule has 2 aliphatic carbocycles. The van der Waals surface area contributed by atoms with Crippen molar-refractivity contribution in [3.05, 3.63) is 0 Å². The molecular formula is C16H27N3O2. The number of hydrogen-bond donors (Lipinski definition) is 2. The fourth-order valence-electron chi connectivity index (χ4n) is 4.39. The van der Waals surface area contributed by atoms with Gasteiger partial charge in [0.2, 0.25) is 11.8 Å². The summed E-state index contributed by atoms with van der Waals surface area (Å²) in [6, 6.07) is 0.286. The van der Waals surface area contributed by atoms with Gasteiger partial charge in [-0.15, -0.1) is 0 Å². The number of likely N-dealkylation sites (tertiary alicyclic amines) is 1. The van der Waals surface area contributed by atoms with Crippen LogP contribution in [0.25, 0.3) is 0 Å². The van der Waals surface area contributed by atoms with E-state index in [0.717, 1.165) is 51.6 Å². The lowest BCUT2D eigenvalue weighted by atomic mass is 9.65. The molecule has 1 heterocycles. The quantitative estimate of drug-likeness (QED) is 0.811. The Kier molecular flexibility index (Phi) is 4.48. The lowest BCUT2D eigenvalue weighted by molar-refractivity contribution is -0.134. The van der Waals surface area contributed by atoms with Gasteiger partial charge in [0.05, 0.1) is 6.54 Å². The summed E-state index contributed by atoms with van der Waals surface area (Å²) in [4.78, 5) is 26.2. The summed E-state index contributed by atoms with van der Waals surface area (Å²) in [6.45, 7) is 1.85. The minimum absolute atomic E-state index is 0.0614. The molecule has 2 saturated carbocycles. The molecule has 2 bridgehead atoms. The number of nitrogens with zero attached hydrogens (tertiary/aromatic N) is 1. The summed E-state index contributed by atoms with van der Waals surface area (Å²) >= 11 is 0. The van der Waals surface area contributed by atoms with Crippen molar-refractivity contribution in [3.8, 4) is 0 Å². The first-order valence-electron chi connectivity index (χ1n) is 8.46. The van der Waals surface area contributed by atoms with Crippen LogP contribution in [0.3, 0.4) is 0 Å². The van der Waals surface area contributed by atoms with Gasteiger partial charge in [-0.3, -0.25) is 9.59 Å². The van der Waals surface area contributed by atoms with Crippen molar-refractivity contribution in [2.24, 2.45) is 23.5 Å². The molecule has 5 nitrogen and oxygen atoms in total. The average molecular weight is 293 g/mol. The summed E-state index contributed by atoms with van der Waals surface area (Å²) in [7, 11) is 0. The molecular weight excluding hydrogens is 266 g/mol. The van der Waals surface area contributed by atoms with Crippen molar-refractivity contribution < 1.29 is 9.59 Å². The van der Waals surface area contributed by atoms with Crippen LogP contribution in [0.1, 0.15) is 44.9 Å². The molecule has 3 aliphatic rings. The monoisotopic (exact) mass is 293 g/mol. The second-order valence-corrected chi connectivity index (χ2v) is 7.00. The van der Waals surface area contributed by atoms with Crippen molar-refractivity contribution in [2.45, 2.75) is 51.0 Å². The Hall–Kier alpha value is -1.10. The zero-order chi connectivity index (χ0) is 14.8. The van der Waals surface area contributed by atoms with Crippen molar-refractivity contribution in [3.63, 3.8) is 0 Å². The topological polar surface area (TPSA) is 75.4 Å². The normalized spacial score (nSPS) is 35.6. The molecule has 3 rings (SSSR count). The first-order valence-corrected chi connectivity index (χ1v) is 8.46. The molecule has 0 aromatic carbocycles. The van der Waals surface area contributed by atoms with Gasteiger partial charge in [-0.25, -0.2) is 0 Å². The summed E-state index contributed by atoms with van der Waals surface area (Å²) in [5, 5.41) is 2.86. The van der Waals surface area contributed by atoms with Gasteiger partial charge in [0, 0.05) is 25.0 Å². The molecule has 0 spiro atoms. The van der Waals surface area contributed by atoms with Crippen molar-refractivity contribution in [2.75, 3.05) is 19.6 Å². The molecule has 2 unspecified atom stereocenters. The molecule has 0 radical (unpaired) electrons. The predicted molar refractivity (Wildman–Crippen MR) is 80.4 cm³/mol. The van der Waals surface area contributed by atoms with Gasteiger partial charge in [-0.1, -0.05) is 6.42 Å². The van der Waals surface area contributed by atoms with E-state index in [1.165, 1.54) is 6.42 Å². The number of fused-ring (bicyclic) bond motifs is 2. The van der Waals surface area contributed by atoms with Crippen LogP contribution < -0.4 is 11.1 Å². The lowest BCUT2D eigenvalue weighted by Crippen LogP contribution is -2.50. The minimum atomic E-state index is 0.0614. The summed E-state index contributed by atoms with van der Waals surface area (Å²) in [6.07, 6.45) is 7.56. The highest BCUT2D eigenvalue weighted by Crippen LogP contribution is 2.41. The van der Waals surface area contributed by atoms with Crippen LogP contribution >= 0.6 is 0 Å². The van der Waals surface area contributed by atoms with E-state index < -0.39 is 0 Å². The Labute approximate surface area is 126 Å². The summed E-state index contributed by atoms with van der Waals surface area (Å²) in [5.74, 6) is 1.19. The van der Waals surface area contributed by atoms with Crippen LogP contribution in [-0.4, -0.2) is 42.4 Å². The molecule has 2 atom stereocenters. The van der Waals surface area contributed by atoms with E-state index in [9.17, 15) is 9.59 Å². The van der Waals surface area contributed by atoms with Gasteiger partial charge in [0.1, 0.15) is 0 Å². The van der Waals surface area contributed by atoms with E-state index in [2.05, 4.69) is 5.32 Å². The van der Waals surface area contributed by atoms with Gasteiger partial charge in [0.15, 0.2) is 0 Å². The number of nitrogens with one attached hydrogen (secondary N) is 1. The lowest BCUT2D eigenvalue weighted by Gasteiger charge is -2.43. The van der Waals surface area contributed by atoms with E-state index in [1.807, 2.05) is 4.90 Å². The Bertz CT molecular complexity index is 392. The van der Waals surface area contributed by atoms with Crippen LogP contribution in [-0.2, 0) is 9.59 Å². The second kappa shape index (κ2) is 6.34. The van der Waals surface area contributed by atoms with Crippen molar-refractivity contribution in [1.29, 1.82) is 0 Å². The zero-order valence-electron chi connectivity index (χ0n) is 12.7. The highest BCUT2D eigenvalue weighted by atomic mass is 16.2. The molecule has 1 saturated heterocycles. The average Bonchev–Trinajstić information content (AvgIpc) is 2.98. The van der Waals surface area contributed by atoms with Gasteiger partial charge in [-0.2, -0.15) is 0 Å². The van der Waals surface area contributed by atoms with E-state index in [0.29, 0.717) is 11.8 Å². The molecule has 5 heteroatoms. The fourth-order valence-corrected chi connectivity index (χ4v) is 4.39. The third-order valence-corrected chi connectivity index (χ3v) is 5.66. The fraction of sp³-hybridized carbons (Fsp3) is 0.875. The number of carbonyl (C=O) groups is 2. The van der Waals surface area contributed by atoms with Crippen molar-refractivity contribution in [1.82, 2.24) is 10.2 Å². The summed E-state index contributed by atoms with van der Waals surface area (Å²) in [5.41, 5.74) is 6.26. The minimum Gasteiger partial charge on any atom is -0.347 e. The Balaban J connectivity index is 1.48. The Morgan fingerprint density at radius 3 is 2.29 bits per heavy atom. The van der Waals surface area contributed by atoms with Crippen LogP contribution in [0.15, 0.2) is 0 Å². The second-order valence-electron chi connectivity index (χ2n) is 7.00. The first kappa shape index (κ1) is 14.8. The van der Waals surface area contributed by atoms with Gasteiger partial charge in [-0.05, 0) is 50.4 Å². The predicted octanol–water partition coefficient (Wildman–Crippen LogP) is 0.879. The third-order valence-electron chi connectivity index (χ3n) is 5.66. The number of carbonyl (C=O) groups excluding carboxylic acids is 2. The molecule has 2 amide bonds. The highest BCUT2D eigenvalue weighted by molar-refractivity contribution is 5.86. The van der Waals surface area contributed by atoms with Gasteiger partial charge < -0.3 is 16.0 Å². The molecule has 118 valence electrons. The zero-order valence-corrected chi connectivity index (χ0v) is 12.7. The van der Waals surface area contributed by atoms with E-state index in [-0.39, 0.29) is 30.3 Å². The maximum Gasteiger partial charge on any atom is 0.241 e. The molecule has 1 aliphatic heterocycles. The van der Waals surface area contributed by atoms with E-state index in [1.54, 1.807) is 0 Å². The van der Waals surface area contributed by atoms with E-state index >= 15 is 0 Å². The molecule has 3 N–H and O–H groups in total. The Morgan fingerprint density at radius 2 is 1.67 bits per heavy atom.